The summed E-state index contributed by atoms with van der Waals surface area (Å²) >= 11 is 5.97. The van der Waals surface area contributed by atoms with Gasteiger partial charge in [0.25, 0.3) is 5.91 Å². The predicted molar refractivity (Wildman–Crippen MR) is 112 cm³/mol. The Kier molecular flexibility index (Phi) is 7.31. The molecule has 0 atom stereocenters. The largest absolute Gasteiger partial charge is 0.416 e. The fraction of sp³-hybridized carbons (Fsp3) is 0.545. The van der Waals surface area contributed by atoms with Gasteiger partial charge in [0.1, 0.15) is 0 Å². The Bertz CT molecular complexity index is 919. The number of amides is 1. The molecule has 0 radical (unpaired) electrons. The van der Waals surface area contributed by atoms with E-state index in [2.05, 4.69) is 24.3 Å². The summed E-state index contributed by atoms with van der Waals surface area (Å²) in [5.41, 5.74) is 0.683. The van der Waals surface area contributed by atoms with Gasteiger partial charge in [-0.05, 0) is 61.8 Å². The number of hydrogen-bond donors (Lipinski definition) is 2. The molecule has 1 aliphatic carbocycles. The van der Waals surface area contributed by atoms with Crippen LogP contribution in [-0.2, 0) is 19.3 Å². The van der Waals surface area contributed by atoms with Crippen LogP contribution in [0.1, 0.15) is 72.8 Å². The molecule has 1 aromatic heterocycles. The smallest absolute Gasteiger partial charge is 0.390 e. The van der Waals surface area contributed by atoms with Crippen molar-refractivity contribution in [1.29, 1.82) is 0 Å². The quantitative estimate of drug-likeness (QED) is 0.629. The van der Waals surface area contributed by atoms with Crippen molar-refractivity contribution in [2.45, 2.75) is 70.8 Å². The summed E-state index contributed by atoms with van der Waals surface area (Å²) < 4.78 is 40.8. The summed E-state index contributed by atoms with van der Waals surface area (Å²) in [6, 6.07) is 4.59. The average Bonchev–Trinajstić information content (AvgIpc) is 3.12. The van der Waals surface area contributed by atoms with E-state index in [9.17, 15) is 23.1 Å². The zero-order valence-electron chi connectivity index (χ0n) is 17.5. The van der Waals surface area contributed by atoms with E-state index in [1.54, 1.807) is 0 Å². The second-order valence-corrected chi connectivity index (χ2v) is 8.85. The molecule has 0 aliphatic heterocycles. The van der Waals surface area contributed by atoms with E-state index in [1.807, 2.05) is 10.7 Å². The lowest BCUT2D eigenvalue weighted by Crippen LogP contribution is -2.38. The number of halogens is 4. The van der Waals surface area contributed by atoms with Gasteiger partial charge in [-0.3, -0.25) is 9.48 Å². The lowest BCUT2D eigenvalue weighted by atomic mass is 9.85. The highest BCUT2D eigenvalue weighted by atomic mass is 35.5. The number of rotatable bonds is 6. The first-order valence-electron chi connectivity index (χ1n) is 10.4. The lowest BCUT2D eigenvalue weighted by Gasteiger charge is -2.29. The molecule has 1 aromatic carbocycles. The Hall–Kier alpha value is -2.06. The van der Waals surface area contributed by atoms with Crippen LogP contribution in [0.4, 0.5) is 13.2 Å². The molecule has 2 N–H and O–H groups in total. The van der Waals surface area contributed by atoms with Gasteiger partial charge in [0.15, 0.2) is 0 Å². The zero-order valence-corrected chi connectivity index (χ0v) is 18.3. The molecule has 3 rings (SSSR count). The number of carbonyl (C=O) groups excluding carboxylic acids is 1. The molecule has 1 saturated carbocycles. The lowest BCUT2D eigenvalue weighted by molar-refractivity contribution is -0.137. The Labute approximate surface area is 184 Å². The number of alkyl halides is 3. The first kappa shape index (κ1) is 23.6. The van der Waals surface area contributed by atoms with Crippen molar-refractivity contribution in [3.63, 3.8) is 0 Å². The van der Waals surface area contributed by atoms with Gasteiger partial charge in [-0.2, -0.15) is 18.3 Å². The molecule has 2 aromatic rings. The maximum atomic E-state index is 13.0. The highest BCUT2D eigenvalue weighted by Gasteiger charge is 2.32. The minimum atomic E-state index is -4.53. The Morgan fingerprint density at radius 3 is 2.52 bits per heavy atom. The third kappa shape index (κ3) is 5.80. The van der Waals surface area contributed by atoms with Crippen LogP contribution in [0.5, 0.6) is 0 Å². The summed E-state index contributed by atoms with van der Waals surface area (Å²) in [7, 11) is 0. The molecular weight excluding hydrogens is 431 g/mol. The summed E-state index contributed by atoms with van der Waals surface area (Å²) in [6.45, 7) is 4.82. The maximum Gasteiger partial charge on any atom is 0.416 e. The number of nitrogens with one attached hydrogen (secondary N) is 1. The predicted octanol–water partition coefficient (Wildman–Crippen LogP) is 5.16. The molecule has 1 aliphatic rings. The number of aromatic nitrogens is 2. The van der Waals surface area contributed by atoms with Gasteiger partial charge >= 0.3 is 6.18 Å². The maximum absolute atomic E-state index is 13.0. The van der Waals surface area contributed by atoms with E-state index in [1.165, 1.54) is 0 Å². The molecule has 1 fully saturated rings. The highest BCUT2D eigenvalue weighted by Crippen LogP contribution is 2.32. The van der Waals surface area contributed by atoms with Gasteiger partial charge < -0.3 is 10.4 Å². The molecule has 0 saturated heterocycles. The molecule has 170 valence electrons. The van der Waals surface area contributed by atoms with Crippen molar-refractivity contribution in [3.05, 3.63) is 51.8 Å². The number of nitrogens with zero attached hydrogens (tertiary/aromatic N) is 2. The molecule has 0 spiro atoms. The molecular formula is C22H27ClF3N3O2. The number of aliphatic hydroxyl groups excluding tert-OH is 1. The Balaban J connectivity index is 1.59. The number of hydrogen-bond acceptors (Lipinski definition) is 3. The second-order valence-electron chi connectivity index (χ2n) is 8.44. The minimum absolute atomic E-state index is 0.00114. The van der Waals surface area contributed by atoms with Crippen molar-refractivity contribution in [3.8, 4) is 0 Å². The van der Waals surface area contributed by atoms with E-state index in [4.69, 9.17) is 11.6 Å². The summed E-state index contributed by atoms with van der Waals surface area (Å²) in [6.07, 6.45) is -1.33. The molecule has 1 amide bonds. The van der Waals surface area contributed by atoms with Crippen LogP contribution in [0, 0.1) is 5.92 Å². The van der Waals surface area contributed by atoms with Crippen molar-refractivity contribution in [1.82, 2.24) is 15.1 Å². The van der Waals surface area contributed by atoms with Crippen molar-refractivity contribution >= 4 is 17.5 Å². The van der Waals surface area contributed by atoms with Gasteiger partial charge in [-0.1, -0.05) is 25.4 Å². The molecule has 5 nitrogen and oxygen atoms in total. The average molecular weight is 458 g/mol. The van der Waals surface area contributed by atoms with Crippen LogP contribution in [0.25, 0.3) is 0 Å². The van der Waals surface area contributed by atoms with Crippen LogP contribution in [-0.4, -0.2) is 26.8 Å². The van der Waals surface area contributed by atoms with Gasteiger partial charge in [-0.15, -0.1) is 0 Å². The number of aliphatic hydroxyl groups is 1. The third-order valence-corrected chi connectivity index (χ3v) is 6.10. The van der Waals surface area contributed by atoms with E-state index in [0.717, 1.165) is 56.1 Å². The van der Waals surface area contributed by atoms with Crippen molar-refractivity contribution in [2.75, 3.05) is 0 Å². The molecule has 31 heavy (non-hydrogen) atoms. The van der Waals surface area contributed by atoms with Gasteiger partial charge in [0.05, 0.1) is 28.5 Å². The first-order chi connectivity index (χ1) is 14.6. The summed E-state index contributed by atoms with van der Waals surface area (Å²) in [5.74, 6) is 0.0937. The van der Waals surface area contributed by atoms with Crippen LogP contribution in [0.15, 0.2) is 24.3 Å². The SMILES string of the molecule is CC(C)c1cc(CO)nn1CC1CCC(NC(=O)c2cc(C(F)(F)F)ccc2Cl)CC1. The second kappa shape index (κ2) is 9.61. The number of benzene rings is 1. The highest BCUT2D eigenvalue weighted by molar-refractivity contribution is 6.33. The van der Waals surface area contributed by atoms with E-state index >= 15 is 0 Å². The molecule has 0 bridgehead atoms. The third-order valence-electron chi connectivity index (χ3n) is 5.77. The first-order valence-corrected chi connectivity index (χ1v) is 10.8. The zero-order chi connectivity index (χ0) is 22.8. The van der Waals surface area contributed by atoms with Crippen LogP contribution >= 0.6 is 11.6 Å². The van der Waals surface area contributed by atoms with E-state index < -0.39 is 17.6 Å². The van der Waals surface area contributed by atoms with Gasteiger partial charge in [0.2, 0.25) is 0 Å². The normalized spacial score (nSPS) is 19.6. The summed E-state index contributed by atoms with van der Waals surface area (Å²) in [5, 5.41) is 16.7. The van der Waals surface area contributed by atoms with Crippen LogP contribution < -0.4 is 5.32 Å². The minimum Gasteiger partial charge on any atom is -0.390 e. The number of carbonyl (C=O) groups is 1. The Morgan fingerprint density at radius 1 is 1.26 bits per heavy atom. The van der Waals surface area contributed by atoms with Crippen molar-refractivity contribution in [2.24, 2.45) is 5.92 Å². The molecule has 1 heterocycles. The van der Waals surface area contributed by atoms with E-state index in [-0.39, 0.29) is 23.2 Å². The van der Waals surface area contributed by atoms with E-state index in [0.29, 0.717) is 17.5 Å². The monoisotopic (exact) mass is 457 g/mol. The molecule has 9 heteroatoms. The van der Waals surface area contributed by atoms with Crippen LogP contribution in [0.3, 0.4) is 0 Å². The fourth-order valence-electron chi connectivity index (χ4n) is 4.05. The topological polar surface area (TPSA) is 67.2 Å². The summed E-state index contributed by atoms with van der Waals surface area (Å²) in [4.78, 5) is 12.5. The molecule has 0 unspecified atom stereocenters. The Morgan fingerprint density at radius 2 is 1.94 bits per heavy atom. The fourth-order valence-corrected chi connectivity index (χ4v) is 4.25. The standard InChI is InChI=1S/C22H27ClF3N3O2/c1-13(2)20-10-17(12-30)28-29(20)11-14-3-6-16(7-4-14)27-21(31)18-9-15(22(24,25)26)5-8-19(18)23/h5,8-10,13-14,16,30H,3-4,6-7,11-12H2,1-2H3,(H,27,31). The van der Waals surface area contributed by atoms with Crippen molar-refractivity contribution < 1.29 is 23.1 Å². The van der Waals surface area contributed by atoms with Gasteiger partial charge in [0, 0.05) is 18.3 Å². The van der Waals surface area contributed by atoms with Gasteiger partial charge in [-0.25, -0.2) is 0 Å². The van der Waals surface area contributed by atoms with Crippen LogP contribution in [0.2, 0.25) is 5.02 Å².